The maximum atomic E-state index is 11.5. The molecule has 0 fully saturated rings. The first-order valence-electron chi connectivity index (χ1n) is 5.15. The molecule has 0 saturated heterocycles. The molecule has 3 nitrogen and oxygen atoms in total. The van der Waals surface area contributed by atoms with Crippen LogP contribution in [-0.4, -0.2) is 18.0 Å². The molecule has 0 saturated carbocycles. The van der Waals surface area contributed by atoms with Gasteiger partial charge in [-0.25, -0.2) is 0 Å². The minimum Gasteiger partial charge on any atom is -0.356 e. The van der Waals surface area contributed by atoms with Gasteiger partial charge in [0.25, 0.3) is 0 Å². The van der Waals surface area contributed by atoms with E-state index in [1.54, 1.807) is 0 Å². The van der Waals surface area contributed by atoms with Crippen molar-refractivity contribution in [2.75, 3.05) is 16.8 Å². The van der Waals surface area contributed by atoms with Crippen molar-refractivity contribution in [3.05, 3.63) is 24.3 Å². The quantitative estimate of drug-likeness (QED) is 0.703. The van der Waals surface area contributed by atoms with E-state index in [9.17, 15) is 4.79 Å². The summed E-state index contributed by atoms with van der Waals surface area (Å²) in [6.45, 7) is 6.77. The van der Waals surface area contributed by atoms with Crippen LogP contribution in [0.3, 0.4) is 0 Å². The number of amides is 1. The number of nitrogens with zero attached hydrogens (tertiary/aromatic N) is 1. The molecule has 80 valence electrons. The summed E-state index contributed by atoms with van der Waals surface area (Å²) in [7, 11) is 0. The van der Waals surface area contributed by atoms with Gasteiger partial charge in [-0.3, -0.25) is 4.79 Å². The summed E-state index contributed by atoms with van der Waals surface area (Å²) in [5.41, 5.74) is 1.97. The van der Waals surface area contributed by atoms with Gasteiger partial charge in [0.05, 0.1) is 17.9 Å². The first kappa shape index (κ1) is 10.0. The highest BCUT2D eigenvalue weighted by Gasteiger charge is 2.29. The predicted molar refractivity (Wildman–Crippen MR) is 62.2 cm³/mol. The van der Waals surface area contributed by atoms with Gasteiger partial charge in [0, 0.05) is 5.54 Å². The maximum Gasteiger partial charge on any atom is 0.243 e. The Kier molecular flexibility index (Phi) is 2.18. The van der Waals surface area contributed by atoms with E-state index in [-0.39, 0.29) is 11.4 Å². The Balaban J connectivity index is 2.47. The van der Waals surface area contributed by atoms with Crippen molar-refractivity contribution in [3.8, 4) is 0 Å². The molecule has 1 heterocycles. The van der Waals surface area contributed by atoms with Gasteiger partial charge in [0.1, 0.15) is 0 Å². The summed E-state index contributed by atoms with van der Waals surface area (Å²) in [6.07, 6.45) is 0. The zero-order valence-corrected chi connectivity index (χ0v) is 9.37. The van der Waals surface area contributed by atoms with Crippen molar-refractivity contribution in [1.29, 1.82) is 0 Å². The Labute approximate surface area is 90.1 Å². The lowest BCUT2D eigenvalue weighted by atomic mass is 10.0. The Hall–Kier alpha value is -1.51. The molecule has 0 radical (unpaired) electrons. The molecule has 1 N–H and O–H groups in total. The second kappa shape index (κ2) is 3.26. The molecular formula is C12H16N2O. The van der Waals surface area contributed by atoms with E-state index in [1.165, 1.54) is 0 Å². The SMILES string of the molecule is CC(C)(C)N1CC(=O)Nc2ccccc21. The lowest BCUT2D eigenvalue weighted by molar-refractivity contribution is -0.115. The number of hydrogen-bond donors (Lipinski definition) is 1. The molecule has 1 aromatic rings. The molecule has 1 aliphatic heterocycles. The van der Waals surface area contributed by atoms with Crippen molar-refractivity contribution < 1.29 is 4.79 Å². The molecule has 1 aliphatic rings. The molecule has 1 aromatic carbocycles. The van der Waals surface area contributed by atoms with Crippen molar-refractivity contribution >= 4 is 17.3 Å². The number of para-hydroxylation sites is 2. The summed E-state index contributed by atoms with van der Waals surface area (Å²) < 4.78 is 0. The van der Waals surface area contributed by atoms with Gasteiger partial charge in [0.2, 0.25) is 5.91 Å². The minimum atomic E-state index is -0.0339. The molecule has 1 amide bonds. The zero-order valence-electron chi connectivity index (χ0n) is 9.37. The number of benzene rings is 1. The largest absolute Gasteiger partial charge is 0.356 e. The van der Waals surface area contributed by atoms with Crippen LogP contribution in [0.2, 0.25) is 0 Å². The van der Waals surface area contributed by atoms with E-state index in [0.717, 1.165) is 11.4 Å². The van der Waals surface area contributed by atoms with Gasteiger partial charge in [0.15, 0.2) is 0 Å². The number of fused-ring (bicyclic) bond motifs is 1. The normalized spacial score (nSPS) is 15.9. The minimum absolute atomic E-state index is 0.0339. The first-order chi connectivity index (χ1) is 6.98. The Morgan fingerprint density at radius 2 is 1.93 bits per heavy atom. The van der Waals surface area contributed by atoms with Crippen LogP contribution in [0.15, 0.2) is 24.3 Å². The third kappa shape index (κ3) is 1.82. The van der Waals surface area contributed by atoms with Gasteiger partial charge in [-0.2, -0.15) is 0 Å². The second-order valence-electron chi connectivity index (χ2n) is 4.82. The Bertz CT molecular complexity index is 393. The van der Waals surface area contributed by atoms with Crippen LogP contribution in [0.1, 0.15) is 20.8 Å². The molecule has 0 atom stereocenters. The number of carbonyl (C=O) groups excluding carboxylic acids is 1. The average molecular weight is 204 g/mol. The number of nitrogens with one attached hydrogen (secondary N) is 1. The fourth-order valence-electron chi connectivity index (χ4n) is 1.83. The van der Waals surface area contributed by atoms with Gasteiger partial charge < -0.3 is 10.2 Å². The fourth-order valence-corrected chi connectivity index (χ4v) is 1.83. The lowest BCUT2D eigenvalue weighted by Crippen LogP contribution is -2.48. The maximum absolute atomic E-state index is 11.5. The molecule has 2 rings (SSSR count). The van der Waals surface area contributed by atoms with Crippen LogP contribution >= 0.6 is 0 Å². The van der Waals surface area contributed by atoms with E-state index in [1.807, 2.05) is 24.3 Å². The van der Waals surface area contributed by atoms with Crippen LogP contribution in [-0.2, 0) is 4.79 Å². The van der Waals surface area contributed by atoms with Gasteiger partial charge >= 0.3 is 0 Å². The summed E-state index contributed by atoms with van der Waals surface area (Å²) in [5, 5.41) is 2.88. The van der Waals surface area contributed by atoms with Gasteiger partial charge in [-0.1, -0.05) is 12.1 Å². The molecule has 0 bridgehead atoms. The summed E-state index contributed by atoms with van der Waals surface area (Å²) in [5.74, 6) is 0.0589. The van der Waals surface area contributed by atoms with E-state index >= 15 is 0 Å². The highest BCUT2D eigenvalue weighted by Crippen LogP contribution is 2.33. The Morgan fingerprint density at radius 1 is 1.27 bits per heavy atom. The smallest absolute Gasteiger partial charge is 0.243 e. The van der Waals surface area contributed by atoms with Gasteiger partial charge in [-0.05, 0) is 32.9 Å². The number of rotatable bonds is 0. The van der Waals surface area contributed by atoms with E-state index in [2.05, 4.69) is 31.0 Å². The van der Waals surface area contributed by atoms with Crippen LogP contribution in [0.25, 0.3) is 0 Å². The fraction of sp³-hybridized carbons (Fsp3) is 0.417. The molecule has 3 heteroatoms. The van der Waals surface area contributed by atoms with E-state index in [4.69, 9.17) is 0 Å². The van der Waals surface area contributed by atoms with Gasteiger partial charge in [-0.15, -0.1) is 0 Å². The second-order valence-corrected chi connectivity index (χ2v) is 4.82. The summed E-state index contributed by atoms with van der Waals surface area (Å²) >= 11 is 0. The highest BCUT2D eigenvalue weighted by atomic mass is 16.2. The standard InChI is InChI=1S/C12H16N2O/c1-12(2,3)14-8-11(15)13-9-6-4-5-7-10(9)14/h4-7H,8H2,1-3H3,(H,13,15). The monoisotopic (exact) mass is 204 g/mol. The van der Waals surface area contributed by atoms with Crippen LogP contribution in [0, 0.1) is 0 Å². The van der Waals surface area contributed by atoms with Crippen LogP contribution in [0.5, 0.6) is 0 Å². The number of hydrogen-bond acceptors (Lipinski definition) is 2. The highest BCUT2D eigenvalue weighted by molar-refractivity contribution is 6.01. The first-order valence-corrected chi connectivity index (χ1v) is 5.15. The molecule has 0 unspecified atom stereocenters. The van der Waals surface area contributed by atoms with E-state index < -0.39 is 0 Å². The number of carbonyl (C=O) groups is 1. The van der Waals surface area contributed by atoms with Crippen LogP contribution < -0.4 is 10.2 Å². The third-order valence-electron chi connectivity index (χ3n) is 2.58. The molecular weight excluding hydrogens is 188 g/mol. The average Bonchev–Trinajstić information content (AvgIpc) is 2.15. The summed E-state index contributed by atoms with van der Waals surface area (Å²) in [4.78, 5) is 13.7. The predicted octanol–water partition coefficient (Wildman–Crippen LogP) is 2.24. The van der Waals surface area contributed by atoms with Crippen molar-refractivity contribution in [3.63, 3.8) is 0 Å². The summed E-state index contributed by atoms with van der Waals surface area (Å²) in [6, 6.07) is 7.91. The lowest BCUT2D eigenvalue weighted by Gasteiger charge is -2.40. The molecule has 0 aliphatic carbocycles. The number of anilines is 2. The van der Waals surface area contributed by atoms with Crippen molar-refractivity contribution in [2.45, 2.75) is 26.3 Å². The zero-order chi connectivity index (χ0) is 11.1. The molecule has 15 heavy (non-hydrogen) atoms. The third-order valence-corrected chi connectivity index (χ3v) is 2.58. The molecule has 0 spiro atoms. The molecule has 0 aromatic heterocycles. The Morgan fingerprint density at radius 3 is 2.60 bits per heavy atom. The topological polar surface area (TPSA) is 32.3 Å². The van der Waals surface area contributed by atoms with Crippen LogP contribution in [0.4, 0.5) is 11.4 Å². The van der Waals surface area contributed by atoms with E-state index in [0.29, 0.717) is 6.54 Å². The van der Waals surface area contributed by atoms with Crippen molar-refractivity contribution in [1.82, 2.24) is 0 Å². The van der Waals surface area contributed by atoms with Crippen molar-refractivity contribution in [2.24, 2.45) is 0 Å².